The number of nitrogens with zero attached hydrogens (tertiary/aromatic N) is 2. The quantitative estimate of drug-likeness (QED) is 0.190. The van der Waals surface area contributed by atoms with E-state index in [9.17, 15) is 24.3 Å². The highest BCUT2D eigenvalue weighted by Crippen LogP contribution is 2.48. The molecule has 0 aromatic heterocycles. The van der Waals surface area contributed by atoms with Gasteiger partial charge in [0.15, 0.2) is 0 Å². The van der Waals surface area contributed by atoms with Crippen molar-refractivity contribution in [2.45, 2.75) is 70.6 Å². The molecule has 2 aliphatic rings. The van der Waals surface area contributed by atoms with E-state index in [-0.39, 0.29) is 56.3 Å². The fraction of sp³-hybridized carbons (Fsp3) is 0.421. The second kappa shape index (κ2) is 16.0. The van der Waals surface area contributed by atoms with Crippen molar-refractivity contribution in [3.05, 3.63) is 89.5 Å². The number of aliphatic hydroxyl groups is 1. The number of nitrogens with one attached hydrogen (secondary N) is 1. The fourth-order valence-corrected chi connectivity index (χ4v) is 6.79. The molecule has 1 unspecified atom stereocenters. The van der Waals surface area contributed by atoms with Crippen LogP contribution in [0.5, 0.6) is 11.5 Å². The molecule has 1 saturated heterocycles. The minimum absolute atomic E-state index is 0.00521. The molecule has 3 amide bonds. The van der Waals surface area contributed by atoms with Gasteiger partial charge in [-0.15, -0.1) is 0 Å². The molecule has 260 valence electrons. The molecule has 0 saturated carbocycles. The molecule has 4 atom stereocenters. The summed E-state index contributed by atoms with van der Waals surface area (Å²) in [4.78, 5) is 59.5. The summed E-state index contributed by atoms with van der Waals surface area (Å²) in [6.07, 6.45) is 0.613. The molecule has 11 nitrogen and oxygen atoms in total. The first kappa shape index (κ1) is 35.4. The number of hydrogen-bond donors (Lipinski definition) is 2. The van der Waals surface area contributed by atoms with E-state index in [0.29, 0.717) is 41.2 Å². The van der Waals surface area contributed by atoms with Crippen LogP contribution in [-0.4, -0.2) is 78.8 Å². The van der Waals surface area contributed by atoms with Gasteiger partial charge in [0.25, 0.3) is 5.91 Å². The van der Waals surface area contributed by atoms with Gasteiger partial charge in [-0.2, -0.15) is 0 Å². The third kappa shape index (κ3) is 7.88. The van der Waals surface area contributed by atoms with Crippen LogP contribution in [0.1, 0.15) is 67.6 Å². The topological polar surface area (TPSA) is 135 Å². The normalized spacial score (nSPS) is 19.7. The van der Waals surface area contributed by atoms with Gasteiger partial charge >= 0.3 is 5.97 Å². The number of rotatable bonds is 14. The van der Waals surface area contributed by atoms with Crippen molar-refractivity contribution < 1.29 is 38.5 Å². The van der Waals surface area contributed by atoms with Crippen LogP contribution in [0.3, 0.4) is 0 Å². The number of amides is 3. The number of ether oxygens (including phenoxy) is 3. The van der Waals surface area contributed by atoms with Crippen molar-refractivity contribution in [1.82, 2.24) is 10.2 Å². The molecule has 1 fully saturated rings. The number of carbonyl (C=O) groups is 4. The van der Waals surface area contributed by atoms with Gasteiger partial charge < -0.3 is 34.4 Å². The van der Waals surface area contributed by atoms with Crippen molar-refractivity contribution in [3.8, 4) is 11.5 Å². The molecule has 0 radical (unpaired) electrons. The van der Waals surface area contributed by atoms with Crippen LogP contribution in [-0.2, 0) is 25.5 Å². The Morgan fingerprint density at radius 1 is 0.980 bits per heavy atom. The molecule has 3 aromatic rings. The van der Waals surface area contributed by atoms with Crippen molar-refractivity contribution >= 4 is 29.4 Å². The molecule has 0 bridgehead atoms. The molecule has 5 rings (SSSR count). The first-order valence-electron chi connectivity index (χ1n) is 16.8. The first-order chi connectivity index (χ1) is 23.7. The highest BCUT2D eigenvalue weighted by molar-refractivity contribution is 6.04. The summed E-state index contributed by atoms with van der Waals surface area (Å²) < 4.78 is 16.6. The van der Waals surface area contributed by atoms with E-state index < -0.39 is 30.1 Å². The predicted molar refractivity (Wildman–Crippen MR) is 183 cm³/mol. The molecular weight excluding hydrogens is 626 g/mol. The zero-order valence-electron chi connectivity index (χ0n) is 28.5. The third-order valence-electron chi connectivity index (χ3n) is 8.91. The van der Waals surface area contributed by atoms with Crippen molar-refractivity contribution in [1.29, 1.82) is 0 Å². The Hall–Kier alpha value is -4.90. The molecular formula is C38H45N3O8. The number of piperazine rings is 1. The lowest BCUT2D eigenvalue weighted by atomic mass is 9.87. The summed E-state index contributed by atoms with van der Waals surface area (Å²) in [7, 11) is 1.57. The van der Waals surface area contributed by atoms with Gasteiger partial charge in [0, 0.05) is 29.8 Å². The van der Waals surface area contributed by atoms with Gasteiger partial charge in [0.2, 0.25) is 11.8 Å². The number of carbonyl (C=O) groups excluding carboxylic acids is 4. The van der Waals surface area contributed by atoms with Gasteiger partial charge in [-0.25, -0.2) is 0 Å². The average Bonchev–Trinajstić information content (AvgIpc) is 3.40. The number of fused-ring (bicyclic) bond motifs is 3. The average molecular weight is 672 g/mol. The summed E-state index contributed by atoms with van der Waals surface area (Å²) in [6, 6.07) is 17.9. The van der Waals surface area contributed by atoms with Gasteiger partial charge in [0.05, 0.1) is 51.3 Å². The van der Waals surface area contributed by atoms with Crippen LogP contribution in [0.4, 0.5) is 5.69 Å². The molecule has 2 heterocycles. The Kier molecular flexibility index (Phi) is 11.6. The van der Waals surface area contributed by atoms with Crippen LogP contribution < -0.4 is 19.7 Å². The predicted octanol–water partition coefficient (Wildman–Crippen LogP) is 4.46. The molecule has 49 heavy (non-hydrogen) atoms. The SMILES string of the molecule is CCOC(=O)CC1[C@@H]2[C@@H](NC(=O)c3ccccc3)c3cc(OCCCO)ccc3N2C(=O)[C@H](CC(C)C)N1C(=O)Cc1ccc(OC)cc1. The van der Waals surface area contributed by atoms with E-state index in [1.807, 2.05) is 19.9 Å². The maximum atomic E-state index is 14.7. The molecule has 2 N–H and O–H groups in total. The Morgan fingerprint density at radius 3 is 2.35 bits per heavy atom. The van der Waals surface area contributed by atoms with Crippen molar-refractivity contribution in [3.63, 3.8) is 0 Å². The van der Waals surface area contributed by atoms with Crippen LogP contribution in [0.2, 0.25) is 0 Å². The van der Waals surface area contributed by atoms with Crippen LogP contribution in [0.15, 0.2) is 72.8 Å². The molecule has 2 aliphatic heterocycles. The highest BCUT2D eigenvalue weighted by atomic mass is 16.5. The van der Waals surface area contributed by atoms with Gasteiger partial charge in [-0.05, 0) is 67.3 Å². The Labute approximate surface area is 287 Å². The van der Waals surface area contributed by atoms with E-state index in [1.165, 1.54) is 0 Å². The van der Waals surface area contributed by atoms with Crippen LogP contribution in [0.25, 0.3) is 0 Å². The van der Waals surface area contributed by atoms with Crippen LogP contribution >= 0.6 is 0 Å². The van der Waals surface area contributed by atoms with E-state index in [2.05, 4.69) is 5.32 Å². The minimum Gasteiger partial charge on any atom is -0.497 e. The fourth-order valence-electron chi connectivity index (χ4n) is 6.79. The Balaban J connectivity index is 1.63. The standard InChI is InChI=1S/C38H45N3O8/c1-5-48-34(44)23-31-36-35(39-37(45)26-10-7-6-8-11-26)29-22-28(49-19-9-18-42)16-17-30(29)41(36)38(46)32(20-24(2)3)40(31)33(43)21-25-12-14-27(47-4)15-13-25/h6-8,10-17,22,24,31-32,35-36,42H,5,9,18-21,23H2,1-4H3,(H,39,45)/t31?,32-,35-,36+/m0/s1. The van der Waals surface area contributed by atoms with E-state index in [1.54, 1.807) is 90.6 Å². The summed E-state index contributed by atoms with van der Waals surface area (Å²) in [5.74, 6) is -0.270. The van der Waals surface area contributed by atoms with Crippen molar-refractivity contribution in [2.24, 2.45) is 5.92 Å². The van der Waals surface area contributed by atoms with Gasteiger partial charge in [-0.3, -0.25) is 19.2 Å². The Morgan fingerprint density at radius 2 is 1.69 bits per heavy atom. The Bertz CT molecular complexity index is 1630. The second-order valence-corrected chi connectivity index (χ2v) is 12.7. The zero-order valence-corrected chi connectivity index (χ0v) is 28.5. The van der Waals surface area contributed by atoms with E-state index in [0.717, 1.165) is 5.56 Å². The number of anilines is 1. The maximum Gasteiger partial charge on any atom is 0.307 e. The summed E-state index contributed by atoms with van der Waals surface area (Å²) >= 11 is 0. The molecule has 3 aromatic carbocycles. The summed E-state index contributed by atoms with van der Waals surface area (Å²) in [5.41, 5.74) is 2.36. The zero-order chi connectivity index (χ0) is 35.1. The lowest BCUT2D eigenvalue weighted by molar-refractivity contribution is -0.153. The lowest BCUT2D eigenvalue weighted by Gasteiger charge is -2.50. The van der Waals surface area contributed by atoms with Gasteiger partial charge in [-0.1, -0.05) is 44.2 Å². The smallest absolute Gasteiger partial charge is 0.307 e. The second-order valence-electron chi connectivity index (χ2n) is 12.7. The van der Waals surface area contributed by atoms with Gasteiger partial charge in [0.1, 0.15) is 17.5 Å². The summed E-state index contributed by atoms with van der Waals surface area (Å²) in [6.45, 7) is 6.09. The monoisotopic (exact) mass is 671 g/mol. The maximum absolute atomic E-state index is 14.7. The largest absolute Gasteiger partial charge is 0.497 e. The number of esters is 1. The molecule has 11 heteroatoms. The van der Waals surface area contributed by atoms with Crippen molar-refractivity contribution in [2.75, 3.05) is 31.8 Å². The highest BCUT2D eigenvalue weighted by Gasteiger charge is 2.57. The summed E-state index contributed by atoms with van der Waals surface area (Å²) in [5, 5.41) is 12.4. The minimum atomic E-state index is -0.863. The lowest BCUT2D eigenvalue weighted by Crippen LogP contribution is -2.69. The third-order valence-corrected chi connectivity index (χ3v) is 8.91. The number of aliphatic hydroxyl groups excluding tert-OH is 1. The number of methoxy groups -OCH3 is 1. The van der Waals surface area contributed by atoms with E-state index in [4.69, 9.17) is 14.2 Å². The molecule has 0 spiro atoms. The van der Waals surface area contributed by atoms with Crippen LogP contribution in [0, 0.1) is 5.92 Å². The first-order valence-corrected chi connectivity index (χ1v) is 16.8. The number of benzene rings is 3. The van der Waals surface area contributed by atoms with E-state index >= 15 is 0 Å². The molecule has 0 aliphatic carbocycles. The number of hydrogen-bond acceptors (Lipinski definition) is 8.